The fourth-order valence-corrected chi connectivity index (χ4v) is 10.8. The quantitative estimate of drug-likeness (QED) is 0.170. The maximum atomic E-state index is 14.0. The Hall–Kier alpha value is -4.34. The van der Waals surface area contributed by atoms with Crippen molar-refractivity contribution in [3.63, 3.8) is 0 Å². The number of fused-ring (bicyclic) bond motifs is 2. The van der Waals surface area contributed by atoms with Crippen LogP contribution in [0.5, 0.6) is 0 Å². The first-order valence-corrected chi connectivity index (χ1v) is 20.4. The number of pyridine rings is 1. The van der Waals surface area contributed by atoms with Crippen LogP contribution in [0, 0.1) is 22.7 Å². The van der Waals surface area contributed by atoms with Crippen molar-refractivity contribution in [3.8, 4) is 0 Å². The van der Waals surface area contributed by atoms with E-state index in [1.165, 1.54) is 0 Å². The van der Waals surface area contributed by atoms with Crippen LogP contribution in [0.3, 0.4) is 0 Å². The van der Waals surface area contributed by atoms with Gasteiger partial charge in [-0.1, -0.05) is 32.9 Å². The first kappa shape index (κ1) is 39.5. The van der Waals surface area contributed by atoms with E-state index in [4.69, 9.17) is 9.47 Å². The van der Waals surface area contributed by atoms with Crippen LogP contribution in [0.15, 0.2) is 81.8 Å². The predicted molar refractivity (Wildman–Crippen MR) is 214 cm³/mol. The van der Waals surface area contributed by atoms with Crippen molar-refractivity contribution in [1.29, 1.82) is 0 Å². The van der Waals surface area contributed by atoms with Crippen molar-refractivity contribution in [1.82, 2.24) is 20.1 Å². The molecular weight excluding hydrogens is 727 g/mol. The molecule has 11 atom stereocenters. The van der Waals surface area contributed by atoms with E-state index < -0.39 is 40.6 Å². The zero-order chi connectivity index (χ0) is 40.3. The van der Waals surface area contributed by atoms with Gasteiger partial charge in [0.1, 0.15) is 29.2 Å². The fraction of sp³-hybridized carbons (Fsp3) is 0.581. The molecule has 304 valence electrons. The first-order chi connectivity index (χ1) is 27.3. The molecule has 0 aromatic carbocycles. The van der Waals surface area contributed by atoms with Gasteiger partial charge in [0, 0.05) is 30.1 Å². The number of rotatable bonds is 13. The Balaban J connectivity index is 1.13. The van der Waals surface area contributed by atoms with E-state index in [0.29, 0.717) is 68.2 Å². The number of nitrogens with zero attached hydrogens (tertiary/aromatic N) is 5. The largest absolute Gasteiger partial charge is 0.423 e. The van der Waals surface area contributed by atoms with Gasteiger partial charge in [-0.05, 0) is 99.3 Å². The average molecular weight is 782 g/mol. The lowest BCUT2D eigenvalue weighted by atomic mass is 9.43. The number of hydrogen-bond acceptors (Lipinski definition) is 13. The van der Waals surface area contributed by atoms with Gasteiger partial charge < -0.3 is 30.3 Å². The van der Waals surface area contributed by atoms with E-state index >= 15 is 0 Å². The van der Waals surface area contributed by atoms with Crippen LogP contribution in [-0.2, 0) is 23.9 Å². The number of aromatic nitrogens is 1. The number of aliphatic hydroxyl groups excluding tert-OH is 2. The molecule has 2 saturated carbocycles. The molecule has 14 nitrogen and oxygen atoms in total. The number of likely N-dealkylation sites (N-methyl/N-ethyl adjacent to an activating group) is 1. The summed E-state index contributed by atoms with van der Waals surface area (Å²) < 4.78 is 12.5. The standard InChI is InChI=1S/C43H55N7O7/c1-6-30-39(54)50-22-26(10-11-38(50)49(30)5)17-27-18-28(40(55)57-27)29(48-36-9-7-8-14-44-36)19-33-41(3)13-12-35(53)42(4,23-51)32(41)21-34(43(33)24-56-43)47-25(2)31(52)20-37-45-15-16-46-37/h7-11,14-15,17-18,22,25,29-30,32-35,38,47,51,53H,6,12-13,16,19-21,23-24H2,1-5H3,(H,44,48)/b27-17+/t25?,29?,30?,32?,33?,34?,35-,38?,41+,42+,43?/m1/s1. The van der Waals surface area contributed by atoms with Crippen molar-refractivity contribution in [2.24, 2.45) is 32.7 Å². The van der Waals surface area contributed by atoms with Crippen LogP contribution in [-0.4, -0.2) is 124 Å². The molecule has 1 aromatic heterocycles. The number of carbonyl (C=O) groups is 3. The smallest absolute Gasteiger partial charge is 0.341 e. The number of nitrogens with one attached hydrogen (secondary N) is 2. The van der Waals surface area contributed by atoms with Crippen molar-refractivity contribution in [2.45, 2.75) is 108 Å². The second-order valence-corrected chi connectivity index (χ2v) is 17.4. The number of carbonyl (C=O) groups excluding carboxylic acids is 3. The molecule has 6 heterocycles. The van der Waals surface area contributed by atoms with E-state index in [1.807, 2.05) is 64.4 Å². The SMILES string of the molecule is CCC1C(=O)N2C=C(/C=C3\C=C(C(CC4C5(CO5)C(NC(C)C(=O)CC5=NCC=N5)CC5[C@]4(C)CC[C@@H](O)[C@@]5(C)CO)Nc4ccccn4)C(=O)O3)C=CC2N1C. The summed E-state index contributed by atoms with van der Waals surface area (Å²) in [5.74, 6) is 0.686. The number of aliphatic imine (C=N–C) groups is 2. The Kier molecular flexibility index (Phi) is 10.5. The number of anilines is 1. The molecule has 14 heteroatoms. The summed E-state index contributed by atoms with van der Waals surface area (Å²) in [5.41, 5.74) is -0.733. The van der Waals surface area contributed by atoms with Gasteiger partial charge in [-0.3, -0.25) is 24.4 Å². The summed E-state index contributed by atoms with van der Waals surface area (Å²) in [6.07, 6.45) is 14.9. The summed E-state index contributed by atoms with van der Waals surface area (Å²) in [4.78, 5) is 57.5. The molecule has 1 amide bonds. The Labute approximate surface area is 333 Å². The minimum Gasteiger partial charge on any atom is -0.423 e. The number of ketones is 1. The normalized spacial score (nSPS) is 37.4. The Morgan fingerprint density at radius 1 is 1.23 bits per heavy atom. The van der Waals surface area contributed by atoms with Crippen LogP contribution in [0.1, 0.15) is 66.2 Å². The van der Waals surface area contributed by atoms with Gasteiger partial charge in [-0.2, -0.15) is 0 Å². The van der Waals surface area contributed by atoms with Gasteiger partial charge in [-0.25, -0.2) is 14.8 Å². The van der Waals surface area contributed by atoms with Crippen molar-refractivity contribution >= 4 is 35.5 Å². The van der Waals surface area contributed by atoms with Crippen molar-refractivity contribution in [2.75, 3.05) is 32.1 Å². The highest BCUT2D eigenvalue weighted by Gasteiger charge is 2.71. The summed E-state index contributed by atoms with van der Waals surface area (Å²) >= 11 is 0. The predicted octanol–water partition coefficient (Wildman–Crippen LogP) is 3.31. The van der Waals surface area contributed by atoms with Gasteiger partial charge in [0.25, 0.3) is 0 Å². The lowest BCUT2D eigenvalue weighted by molar-refractivity contribution is -0.184. The monoisotopic (exact) mass is 781 g/mol. The molecule has 4 N–H and O–H groups in total. The lowest BCUT2D eigenvalue weighted by Gasteiger charge is -2.63. The molecule has 4 fully saturated rings. The summed E-state index contributed by atoms with van der Waals surface area (Å²) in [7, 11) is 1.95. The minimum absolute atomic E-state index is 0.0281. The summed E-state index contributed by atoms with van der Waals surface area (Å²) in [5, 5.41) is 29.6. The van der Waals surface area contributed by atoms with E-state index in [0.717, 1.165) is 5.57 Å². The Morgan fingerprint density at radius 3 is 2.72 bits per heavy atom. The molecule has 7 aliphatic rings. The Bertz CT molecular complexity index is 1970. The highest BCUT2D eigenvalue weighted by molar-refractivity contribution is 6.07. The van der Waals surface area contributed by atoms with Crippen LogP contribution in [0.25, 0.3) is 0 Å². The summed E-state index contributed by atoms with van der Waals surface area (Å²) in [6, 6.07) is 4.00. The second kappa shape index (κ2) is 15.1. The first-order valence-electron chi connectivity index (χ1n) is 20.4. The zero-order valence-corrected chi connectivity index (χ0v) is 33.4. The average Bonchev–Trinajstić information content (AvgIpc) is 3.52. The molecule has 1 spiro atoms. The third-order valence-electron chi connectivity index (χ3n) is 14.2. The molecule has 5 aliphatic heterocycles. The van der Waals surface area contributed by atoms with Crippen molar-refractivity contribution in [3.05, 3.63) is 71.8 Å². The zero-order valence-electron chi connectivity index (χ0n) is 33.4. The molecule has 8 rings (SSSR count). The molecular formula is C43H55N7O7. The van der Waals surface area contributed by atoms with Gasteiger partial charge in [0.05, 0.1) is 56.0 Å². The minimum atomic E-state index is -0.809. The molecule has 2 saturated heterocycles. The third-order valence-corrected chi connectivity index (χ3v) is 14.2. The van der Waals surface area contributed by atoms with Gasteiger partial charge in [0.2, 0.25) is 5.91 Å². The van der Waals surface area contributed by atoms with Gasteiger partial charge in [-0.15, -0.1) is 0 Å². The number of amidine groups is 1. The number of Topliss-reactive ketones (excluding diaryl/α,β-unsaturated/α-hetero) is 1. The third kappa shape index (κ3) is 6.92. The topological polar surface area (TPSA) is 182 Å². The van der Waals surface area contributed by atoms with Crippen LogP contribution in [0.2, 0.25) is 0 Å². The highest BCUT2D eigenvalue weighted by atomic mass is 16.6. The van der Waals surface area contributed by atoms with Crippen LogP contribution >= 0.6 is 0 Å². The maximum Gasteiger partial charge on any atom is 0.341 e. The number of hydrogen-bond donors (Lipinski definition) is 4. The number of allylic oxidation sites excluding steroid dienone is 4. The molecule has 1 aromatic rings. The van der Waals surface area contributed by atoms with Gasteiger partial charge >= 0.3 is 5.97 Å². The number of esters is 1. The number of epoxide rings is 1. The second-order valence-electron chi connectivity index (χ2n) is 17.4. The van der Waals surface area contributed by atoms with Crippen LogP contribution < -0.4 is 10.6 Å². The van der Waals surface area contributed by atoms with E-state index in [1.54, 1.807) is 29.5 Å². The van der Waals surface area contributed by atoms with Crippen molar-refractivity contribution < 1.29 is 34.1 Å². The van der Waals surface area contributed by atoms with Crippen LogP contribution in [0.4, 0.5) is 5.82 Å². The molecule has 57 heavy (non-hydrogen) atoms. The fourth-order valence-electron chi connectivity index (χ4n) is 10.8. The molecule has 0 radical (unpaired) electrons. The number of cyclic esters (lactones) is 1. The van der Waals surface area contributed by atoms with Gasteiger partial charge in [0.15, 0.2) is 5.78 Å². The van der Waals surface area contributed by atoms with E-state index in [-0.39, 0.29) is 54.8 Å². The molecule has 8 unspecified atom stereocenters. The molecule has 2 aliphatic carbocycles. The number of aliphatic hydroxyl groups is 2. The maximum absolute atomic E-state index is 14.0. The van der Waals surface area contributed by atoms with E-state index in [9.17, 15) is 24.6 Å². The number of amides is 1. The number of ether oxygens (including phenoxy) is 2. The van der Waals surface area contributed by atoms with E-state index in [2.05, 4.69) is 37.4 Å². The Morgan fingerprint density at radius 2 is 2.04 bits per heavy atom. The lowest BCUT2D eigenvalue weighted by Crippen LogP contribution is -2.67. The highest BCUT2D eigenvalue weighted by Crippen LogP contribution is 2.66. The summed E-state index contributed by atoms with van der Waals surface area (Å²) in [6.45, 7) is 8.82. The molecule has 0 bridgehead atoms.